The van der Waals surface area contributed by atoms with Crippen molar-refractivity contribution in [2.45, 2.75) is 5.41 Å². The Bertz CT molecular complexity index is 3780. The SMILES string of the molecule is c1ccc(-c2cc(-c3ccccc3)cc(-c3ccc(N(c4ccc(-c5cccc(-c6cccc7ccccc67)c5)cc4)c4cccc5c4-c4ccccc4C5(c4ccccc4)c4ccccc4)cc3)c2)cc1. The number of hydrogen-bond donors (Lipinski definition) is 0. The minimum absolute atomic E-state index is 0.529. The second-order valence-electron chi connectivity index (χ2n) is 18.8. The van der Waals surface area contributed by atoms with E-state index < -0.39 is 5.41 Å². The molecule has 13 rings (SSSR count). The van der Waals surface area contributed by atoms with Gasteiger partial charge in [0, 0.05) is 16.9 Å². The first-order valence-electron chi connectivity index (χ1n) is 24.9. The van der Waals surface area contributed by atoms with Crippen molar-refractivity contribution in [2.24, 2.45) is 0 Å². The highest BCUT2D eigenvalue weighted by molar-refractivity contribution is 5.99. The quantitative estimate of drug-likeness (QED) is 0.132. The molecule has 1 nitrogen and oxygen atoms in total. The third-order valence-electron chi connectivity index (χ3n) is 14.7. The van der Waals surface area contributed by atoms with E-state index in [2.05, 4.69) is 302 Å². The number of rotatable bonds is 10. The van der Waals surface area contributed by atoms with Crippen molar-refractivity contribution >= 4 is 27.8 Å². The van der Waals surface area contributed by atoms with Crippen molar-refractivity contribution in [3.63, 3.8) is 0 Å². The third kappa shape index (κ3) is 7.42. The highest BCUT2D eigenvalue weighted by Gasteiger charge is 2.47. The molecular weight excluding hydrogens is 867 g/mol. The molecule has 72 heavy (non-hydrogen) atoms. The summed E-state index contributed by atoms with van der Waals surface area (Å²) < 4.78 is 0. The fourth-order valence-electron chi connectivity index (χ4n) is 11.4. The first kappa shape index (κ1) is 42.8. The van der Waals surface area contributed by atoms with Gasteiger partial charge in [0.2, 0.25) is 0 Å². The van der Waals surface area contributed by atoms with Gasteiger partial charge in [-0.05, 0) is 149 Å². The minimum atomic E-state index is -0.529. The van der Waals surface area contributed by atoms with Gasteiger partial charge in [-0.25, -0.2) is 0 Å². The molecule has 1 heteroatoms. The lowest BCUT2D eigenvalue weighted by atomic mass is 9.68. The van der Waals surface area contributed by atoms with Gasteiger partial charge >= 0.3 is 0 Å². The van der Waals surface area contributed by atoms with Crippen LogP contribution in [0, 0.1) is 0 Å². The van der Waals surface area contributed by atoms with Gasteiger partial charge in [0.25, 0.3) is 0 Å². The summed E-state index contributed by atoms with van der Waals surface area (Å²) in [6, 6.07) is 109. The molecule has 0 N–H and O–H groups in total. The van der Waals surface area contributed by atoms with E-state index in [1.165, 1.54) is 94.2 Å². The van der Waals surface area contributed by atoms with E-state index in [0.717, 1.165) is 22.6 Å². The topological polar surface area (TPSA) is 3.24 Å². The molecule has 1 aliphatic rings. The van der Waals surface area contributed by atoms with Crippen LogP contribution in [0.15, 0.2) is 297 Å². The fraction of sp³-hybridized carbons (Fsp3) is 0.0141. The third-order valence-corrected chi connectivity index (χ3v) is 14.7. The van der Waals surface area contributed by atoms with Crippen molar-refractivity contribution in [1.82, 2.24) is 0 Å². The van der Waals surface area contributed by atoms with E-state index in [0.29, 0.717) is 0 Å². The summed E-state index contributed by atoms with van der Waals surface area (Å²) in [6.07, 6.45) is 0. The van der Waals surface area contributed by atoms with Crippen LogP contribution < -0.4 is 4.90 Å². The average molecular weight is 916 g/mol. The fourth-order valence-corrected chi connectivity index (χ4v) is 11.4. The van der Waals surface area contributed by atoms with E-state index in [4.69, 9.17) is 0 Å². The normalized spacial score (nSPS) is 12.3. The molecule has 1 aliphatic carbocycles. The molecule has 0 bridgehead atoms. The molecule has 0 spiro atoms. The maximum Gasteiger partial charge on any atom is 0.0714 e. The Hall–Kier alpha value is -9.30. The lowest BCUT2D eigenvalue weighted by Gasteiger charge is -2.34. The predicted molar refractivity (Wildman–Crippen MR) is 303 cm³/mol. The molecule has 0 unspecified atom stereocenters. The van der Waals surface area contributed by atoms with Crippen molar-refractivity contribution in [3.05, 3.63) is 320 Å². The summed E-state index contributed by atoms with van der Waals surface area (Å²) in [6.45, 7) is 0. The van der Waals surface area contributed by atoms with Crippen LogP contribution >= 0.6 is 0 Å². The van der Waals surface area contributed by atoms with Gasteiger partial charge in [-0.3, -0.25) is 0 Å². The van der Waals surface area contributed by atoms with Gasteiger partial charge in [-0.15, -0.1) is 0 Å². The lowest BCUT2D eigenvalue weighted by Crippen LogP contribution is -2.28. The predicted octanol–water partition coefficient (Wildman–Crippen LogP) is 19.0. The van der Waals surface area contributed by atoms with E-state index in [-0.39, 0.29) is 0 Å². The number of nitrogens with zero attached hydrogens (tertiary/aromatic N) is 1. The number of fused-ring (bicyclic) bond motifs is 4. The van der Waals surface area contributed by atoms with Gasteiger partial charge in [-0.1, -0.05) is 243 Å². The van der Waals surface area contributed by atoms with E-state index in [1.54, 1.807) is 0 Å². The Labute approximate surface area is 422 Å². The van der Waals surface area contributed by atoms with Crippen LogP contribution in [0.25, 0.3) is 77.5 Å². The maximum absolute atomic E-state index is 2.47. The van der Waals surface area contributed by atoms with Crippen LogP contribution in [0.1, 0.15) is 22.3 Å². The first-order chi connectivity index (χ1) is 35.7. The van der Waals surface area contributed by atoms with Crippen LogP contribution in [-0.4, -0.2) is 0 Å². The maximum atomic E-state index is 2.47. The molecule has 12 aromatic rings. The average Bonchev–Trinajstić information content (AvgIpc) is 3.78. The van der Waals surface area contributed by atoms with Gasteiger partial charge < -0.3 is 4.90 Å². The van der Waals surface area contributed by atoms with E-state index in [1.807, 2.05) is 0 Å². The van der Waals surface area contributed by atoms with E-state index in [9.17, 15) is 0 Å². The minimum Gasteiger partial charge on any atom is -0.310 e. The summed E-state index contributed by atoms with van der Waals surface area (Å²) in [5.41, 5.74) is 22.2. The van der Waals surface area contributed by atoms with Crippen molar-refractivity contribution in [1.29, 1.82) is 0 Å². The van der Waals surface area contributed by atoms with Crippen molar-refractivity contribution in [2.75, 3.05) is 4.90 Å². The molecule has 0 saturated heterocycles. The smallest absolute Gasteiger partial charge is 0.0714 e. The van der Waals surface area contributed by atoms with Crippen LogP contribution in [0.4, 0.5) is 17.1 Å². The van der Waals surface area contributed by atoms with Crippen molar-refractivity contribution < 1.29 is 0 Å². The molecular formula is C71H49N. The monoisotopic (exact) mass is 915 g/mol. The Balaban J connectivity index is 0.977. The van der Waals surface area contributed by atoms with Crippen LogP contribution in [0.2, 0.25) is 0 Å². The summed E-state index contributed by atoms with van der Waals surface area (Å²) >= 11 is 0. The van der Waals surface area contributed by atoms with Gasteiger partial charge in [0.1, 0.15) is 0 Å². The van der Waals surface area contributed by atoms with Crippen LogP contribution in [0.3, 0.4) is 0 Å². The Morgan fingerprint density at radius 3 is 1.26 bits per heavy atom. The molecule has 0 atom stereocenters. The van der Waals surface area contributed by atoms with Crippen LogP contribution in [0.5, 0.6) is 0 Å². The second kappa shape index (κ2) is 18.2. The number of hydrogen-bond acceptors (Lipinski definition) is 1. The number of anilines is 3. The van der Waals surface area contributed by atoms with Gasteiger partial charge in [-0.2, -0.15) is 0 Å². The zero-order chi connectivity index (χ0) is 47.8. The molecule has 0 saturated carbocycles. The zero-order valence-electron chi connectivity index (χ0n) is 39.7. The largest absolute Gasteiger partial charge is 0.310 e. The molecule has 0 heterocycles. The molecule has 0 aromatic heterocycles. The molecule has 12 aromatic carbocycles. The lowest BCUT2D eigenvalue weighted by molar-refractivity contribution is 0.768. The van der Waals surface area contributed by atoms with E-state index >= 15 is 0 Å². The molecule has 0 amide bonds. The second-order valence-corrected chi connectivity index (χ2v) is 18.8. The molecule has 0 radical (unpaired) electrons. The Morgan fingerprint density at radius 1 is 0.250 bits per heavy atom. The van der Waals surface area contributed by atoms with Crippen molar-refractivity contribution in [3.8, 4) is 66.8 Å². The van der Waals surface area contributed by atoms with Gasteiger partial charge in [0.15, 0.2) is 0 Å². The van der Waals surface area contributed by atoms with Crippen LogP contribution in [-0.2, 0) is 5.41 Å². The zero-order valence-corrected chi connectivity index (χ0v) is 39.7. The number of benzene rings is 12. The highest BCUT2D eigenvalue weighted by atomic mass is 15.1. The summed E-state index contributed by atoms with van der Waals surface area (Å²) in [5.74, 6) is 0. The molecule has 338 valence electrons. The first-order valence-corrected chi connectivity index (χ1v) is 24.9. The highest BCUT2D eigenvalue weighted by Crippen LogP contribution is 2.59. The summed E-state index contributed by atoms with van der Waals surface area (Å²) in [4.78, 5) is 2.47. The van der Waals surface area contributed by atoms with Gasteiger partial charge in [0.05, 0.1) is 11.1 Å². The Kier molecular flexibility index (Phi) is 10.8. The summed E-state index contributed by atoms with van der Waals surface area (Å²) in [5, 5.41) is 2.51. The summed E-state index contributed by atoms with van der Waals surface area (Å²) in [7, 11) is 0. The standard InChI is InChI=1S/C71H49N/c1-5-20-50(21-6-1)57-47-58(51-22-7-2-8-23-51)49-59(48-57)53-40-44-63(45-41-53)72(62-42-38-52(39-43-62)55-26-17-27-56(46-55)65-34-18-25-54-24-13-14-32-64(54)65)69-37-19-36-68-70(69)66-33-15-16-35-67(66)71(68,60-28-9-3-10-29-60)61-30-11-4-12-31-61/h1-49H. The Morgan fingerprint density at radius 2 is 0.653 bits per heavy atom. The molecule has 0 aliphatic heterocycles. The molecule has 0 fully saturated rings.